The molecule has 0 aliphatic carbocycles. The van der Waals surface area contributed by atoms with Crippen molar-refractivity contribution in [2.75, 3.05) is 0 Å². The van der Waals surface area contributed by atoms with E-state index >= 15 is 0 Å². The van der Waals surface area contributed by atoms with Crippen LogP contribution in [-0.4, -0.2) is 9.78 Å². The summed E-state index contributed by atoms with van der Waals surface area (Å²) in [4.78, 5) is 0. The van der Waals surface area contributed by atoms with Gasteiger partial charge in [0.05, 0.1) is 11.4 Å². The number of rotatable bonds is 4. The minimum atomic E-state index is 0.778. The van der Waals surface area contributed by atoms with Crippen LogP contribution >= 0.6 is 11.6 Å². The maximum atomic E-state index is 5.93. The normalized spacial score (nSPS) is 10.8. The highest BCUT2D eigenvalue weighted by atomic mass is 35.5. The van der Waals surface area contributed by atoms with Crippen LogP contribution in [0.1, 0.15) is 17.0 Å². The van der Waals surface area contributed by atoms with E-state index in [4.69, 9.17) is 11.6 Å². The highest BCUT2D eigenvalue weighted by Gasteiger charge is 2.01. The van der Waals surface area contributed by atoms with Gasteiger partial charge < -0.3 is 5.32 Å². The van der Waals surface area contributed by atoms with Crippen LogP contribution in [0.5, 0.6) is 0 Å². The van der Waals surface area contributed by atoms with E-state index in [0.717, 1.165) is 23.8 Å². The van der Waals surface area contributed by atoms with Gasteiger partial charge >= 0.3 is 0 Å². The zero-order chi connectivity index (χ0) is 12.3. The van der Waals surface area contributed by atoms with E-state index < -0.39 is 0 Å². The Morgan fingerprint density at radius 1 is 1.29 bits per heavy atom. The van der Waals surface area contributed by atoms with Gasteiger partial charge in [-0.1, -0.05) is 23.7 Å². The third-order valence-electron chi connectivity index (χ3n) is 2.62. The van der Waals surface area contributed by atoms with Crippen LogP contribution in [0.25, 0.3) is 0 Å². The summed E-state index contributed by atoms with van der Waals surface area (Å²) in [5.41, 5.74) is 3.42. The van der Waals surface area contributed by atoms with Crippen LogP contribution in [0.2, 0.25) is 5.02 Å². The molecule has 90 valence electrons. The van der Waals surface area contributed by atoms with E-state index in [-0.39, 0.29) is 0 Å². The number of aryl methyl sites for hydroxylation is 2. The predicted molar refractivity (Wildman–Crippen MR) is 69.9 cm³/mol. The Morgan fingerprint density at radius 3 is 2.76 bits per heavy atom. The molecule has 0 radical (unpaired) electrons. The van der Waals surface area contributed by atoms with Crippen molar-refractivity contribution >= 4 is 11.6 Å². The van der Waals surface area contributed by atoms with Crippen LogP contribution < -0.4 is 5.32 Å². The van der Waals surface area contributed by atoms with Crippen molar-refractivity contribution in [2.45, 2.75) is 20.0 Å². The first kappa shape index (κ1) is 12.1. The van der Waals surface area contributed by atoms with Gasteiger partial charge in [0.25, 0.3) is 0 Å². The molecule has 1 heterocycles. The molecule has 0 saturated heterocycles. The minimum absolute atomic E-state index is 0.778. The SMILES string of the molecule is Cc1cc(CNCc2cccc(Cl)c2)n(C)n1. The first-order chi connectivity index (χ1) is 8.15. The molecule has 1 aromatic carbocycles. The van der Waals surface area contributed by atoms with E-state index in [1.54, 1.807) is 0 Å². The smallest absolute Gasteiger partial charge is 0.0597 e. The van der Waals surface area contributed by atoms with Gasteiger partial charge in [-0.3, -0.25) is 4.68 Å². The van der Waals surface area contributed by atoms with Gasteiger partial charge in [0, 0.05) is 25.2 Å². The molecule has 0 saturated carbocycles. The average molecular weight is 250 g/mol. The fourth-order valence-electron chi connectivity index (χ4n) is 1.81. The molecule has 0 spiro atoms. The molecular weight excluding hydrogens is 234 g/mol. The third-order valence-corrected chi connectivity index (χ3v) is 2.86. The lowest BCUT2D eigenvalue weighted by atomic mass is 10.2. The van der Waals surface area contributed by atoms with Gasteiger partial charge in [-0.25, -0.2) is 0 Å². The molecule has 1 aromatic heterocycles. The van der Waals surface area contributed by atoms with Crippen molar-refractivity contribution in [1.29, 1.82) is 0 Å². The third kappa shape index (κ3) is 3.32. The minimum Gasteiger partial charge on any atom is -0.307 e. The quantitative estimate of drug-likeness (QED) is 0.903. The van der Waals surface area contributed by atoms with Crippen LogP contribution in [-0.2, 0) is 20.1 Å². The predicted octanol–water partition coefficient (Wildman–Crippen LogP) is 2.67. The molecule has 3 nitrogen and oxygen atoms in total. The summed E-state index contributed by atoms with van der Waals surface area (Å²) in [5.74, 6) is 0. The second-order valence-corrected chi connectivity index (χ2v) is 4.57. The first-order valence-electron chi connectivity index (χ1n) is 5.60. The molecule has 2 rings (SSSR count). The number of nitrogens with zero attached hydrogens (tertiary/aromatic N) is 2. The molecule has 0 bridgehead atoms. The molecule has 0 atom stereocenters. The number of hydrogen-bond acceptors (Lipinski definition) is 2. The highest BCUT2D eigenvalue weighted by Crippen LogP contribution is 2.10. The van der Waals surface area contributed by atoms with Gasteiger partial charge in [-0.2, -0.15) is 5.10 Å². The topological polar surface area (TPSA) is 29.9 Å². The highest BCUT2D eigenvalue weighted by molar-refractivity contribution is 6.30. The summed E-state index contributed by atoms with van der Waals surface area (Å²) in [6, 6.07) is 9.98. The fourth-order valence-corrected chi connectivity index (χ4v) is 2.02. The molecule has 17 heavy (non-hydrogen) atoms. The Labute approximate surface area is 106 Å². The van der Waals surface area contributed by atoms with Crippen molar-refractivity contribution in [2.24, 2.45) is 7.05 Å². The monoisotopic (exact) mass is 249 g/mol. The average Bonchev–Trinajstić information content (AvgIpc) is 2.58. The van der Waals surface area contributed by atoms with E-state index in [2.05, 4.69) is 22.5 Å². The van der Waals surface area contributed by atoms with E-state index in [9.17, 15) is 0 Å². The van der Waals surface area contributed by atoms with Crippen molar-refractivity contribution in [3.05, 3.63) is 52.3 Å². The van der Waals surface area contributed by atoms with Crippen molar-refractivity contribution < 1.29 is 0 Å². The Bertz CT molecular complexity index is 505. The Morgan fingerprint density at radius 2 is 2.12 bits per heavy atom. The standard InChI is InChI=1S/C13H16ClN3/c1-10-6-13(17(2)16-10)9-15-8-11-4-3-5-12(14)7-11/h3-7,15H,8-9H2,1-2H3. The summed E-state index contributed by atoms with van der Waals surface area (Å²) in [5, 5.41) is 8.46. The van der Waals surface area contributed by atoms with Crippen LogP contribution in [0, 0.1) is 6.92 Å². The van der Waals surface area contributed by atoms with E-state index in [0.29, 0.717) is 0 Å². The molecule has 0 aliphatic heterocycles. The Kier molecular flexibility index (Phi) is 3.82. The summed E-state index contributed by atoms with van der Waals surface area (Å²) in [6.07, 6.45) is 0. The summed E-state index contributed by atoms with van der Waals surface area (Å²) >= 11 is 5.93. The first-order valence-corrected chi connectivity index (χ1v) is 5.97. The molecule has 2 aromatic rings. The van der Waals surface area contributed by atoms with Gasteiger partial charge in [-0.15, -0.1) is 0 Å². The van der Waals surface area contributed by atoms with Crippen molar-refractivity contribution in [3.63, 3.8) is 0 Å². The molecule has 0 aliphatic rings. The summed E-state index contributed by atoms with van der Waals surface area (Å²) < 4.78 is 1.90. The molecule has 0 fully saturated rings. The Balaban J connectivity index is 1.89. The number of aromatic nitrogens is 2. The number of benzene rings is 1. The summed E-state index contributed by atoms with van der Waals surface area (Å²) in [6.45, 7) is 3.62. The van der Waals surface area contributed by atoms with Crippen LogP contribution in [0.3, 0.4) is 0 Å². The molecular formula is C13H16ClN3. The molecule has 1 N–H and O–H groups in total. The summed E-state index contributed by atoms with van der Waals surface area (Å²) in [7, 11) is 1.96. The largest absolute Gasteiger partial charge is 0.307 e. The lowest BCUT2D eigenvalue weighted by Gasteiger charge is -2.05. The van der Waals surface area contributed by atoms with Crippen LogP contribution in [0.15, 0.2) is 30.3 Å². The van der Waals surface area contributed by atoms with Gasteiger partial charge in [0.1, 0.15) is 0 Å². The van der Waals surface area contributed by atoms with Crippen LogP contribution in [0.4, 0.5) is 0 Å². The van der Waals surface area contributed by atoms with Gasteiger partial charge in [0.2, 0.25) is 0 Å². The van der Waals surface area contributed by atoms with E-state index in [1.807, 2.05) is 36.9 Å². The van der Waals surface area contributed by atoms with Gasteiger partial charge in [-0.05, 0) is 30.7 Å². The zero-order valence-corrected chi connectivity index (χ0v) is 10.8. The van der Waals surface area contributed by atoms with Crippen molar-refractivity contribution in [1.82, 2.24) is 15.1 Å². The number of hydrogen-bond donors (Lipinski definition) is 1. The fraction of sp³-hybridized carbons (Fsp3) is 0.308. The maximum Gasteiger partial charge on any atom is 0.0597 e. The van der Waals surface area contributed by atoms with Gasteiger partial charge in [0.15, 0.2) is 0 Å². The zero-order valence-electron chi connectivity index (χ0n) is 10.1. The Hall–Kier alpha value is -1.32. The molecule has 4 heteroatoms. The maximum absolute atomic E-state index is 5.93. The molecule has 0 amide bonds. The lowest BCUT2D eigenvalue weighted by Crippen LogP contribution is -2.15. The second-order valence-electron chi connectivity index (χ2n) is 4.13. The number of halogens is 1. The number of nitrogens with one attached hydrogen (secondary N) is 1. The molecule has 0 unspecified atom stereocenters. The lowest BCUT2D eigenvalue weighted by molar-refractivity contribution is 0.624. The van der Waals surface area contributed by atoms with Crippen molar-refractivity contribution in [3.8, 4) is 0 Å². The second kappa shape index (κ2) is 5.34. The van der Waals surface area contributed by atoms with E-state index in [1.165, 1.54) is 11.3 Å².